The Labute approximate surface area is 180 Å². The van der Waals surface area contributed by atoms with Crippen LogP contribution >= 0.6 is 11.6 Å². The molecule has 158 valence electrons. The van der Waals surface area contributed by atoms with Crippen molar-refractivity contribution in [2.24, 2.45) is 0 Å². The zero-order valence-electron chi connectivity index (χ0n) is 17.1. The topological polar surface area (TPSA) is 64.7 Å². The first-order chi connectivity index (χ1) is 14.3. The van der Waals surface area contributed by atoms with Gasteiger partial charge in [0.2, 0.25) is 5.91 Å². The van der Waals surface area contributed by atoms with Crippen LogP contribution in [-0.2, 0) is 11.3 Å². The standard InChI is InChI=1S/C22H24ClFN4O2/c1-14(18-12-25-11-15-6-4-5-7-17(15)18)28(13-21(29)27(2)3)22(30)26-16-8-9-20(24)19(23)10-16/h4-10,12,14,25H,11,13H2,1-3H3,(H,26,30)/t14-/m1/s1. The summed E-state index contributed by atoms with van der Waals surface area (Å²) in [6, 6.07) is 11.0. The van der Waals surface area contributed by atoms with Gasteiger partial charge in [-0.3, -0.25) is 4.79 Å². The molecule has 1 aliphatic heterocycles. The molecule has 0 saturated heterocycles. The van der Waals surface area contributed by atoms with Crippen LogP contribution in [0.1, 0.15) is 18.1 Å². The normalized spacial score (nSPS) is 13.4. The Bertz CT molecular complexity index is 993. The predicted molar refractivity (Wildman–Crippen MR) is 117 cm³/mol. The molecule has 2 aromatic rings. The summed E-state index contributed by atoms with van der Waals surface area (Å²) in [6.45, 7) is 2.45. The van der Waals surface area contributed by atoms with Crippen LogP contribution in [0.15, 0.2) is 48.7 Å². The number of likely N-dealkylation sites (N-methyl/N-ethyl adjacent to an activating group) is 1. The summed E-state index contributed by atoms with van der Waals surface area (Å²) in [4.78, 5) is 28.5. The number of rotatable bonds is 5. The molecule has 2 aromatic carbocycles. The van der Waals surface area contributed by atoms with Crippen molar-refractivity contribution in [3.8, 4) is 0 Å². The van der Waals surface area contributed by atoms with E-state index in [0.717, 1.165) is 16.7 Å². The molecule has 30 heavy (non-hydrogen) atoms. The second-order valence-electron chi connectivity index (χ2n) is 7.29. The maximum Gasteiger partial charge on any atom is 0.322 e. The van der Waals surface area contributed by atoms with Crippen LogP contribution in [0, 0.1) is 5.82 Å². The number of carbonyl (C=O) groups is 2. The number of carbonyl (C=O) groups excluding carboxylic acids is 2. The highest BCUT2D eigenvalue weighted by Gasteiger charge is 2.29. The first-order valence-electron chi connectivity index (χ1n) is 9.52. The molecule has 1 aliphatic rings. The third-order valence-corrected chi connectivity index (χ3v) is 5.32. The number of halogens is 2. The molecule has 1 heterocycles. The summed E-state index contributed by atoms with van der Waals surface area (Å²) in [5.41, 5.74) is 3.39. The number of hydrogen-bond donors (Lipinski definition) is 2. The van der Waals surface area contributed by atoms with Gasteiger partial charge in [-0.1, -0.05) is 35.9 Å². The van der Waals surface area contributed by atoms with E-state index in [4.69, 9.17) is 11.6 Å². The van der Waals surface area contributed by atoms with Gasteiger partial charge in [0.1, 0.15) is 12.4 Å². The molecule has 0 unspecified atom stereocenters. The predicted octanol–water partition coefficient (Wildman–Crippen LogP) is 3.93. The SMILES string of the molecule is C[C@H](C1=CNCc2ccccc21)N(CC(=O)N(C)C)C(=O)Nc1ccc(F)c(Cl)c1. The molecule has 0 radical (unpaired) electrons. The van der Waals surface area contributed by atoms with Gasteiger partial charge in [0.25, 0.3) is 0 Å². The number of hydrogen-bond acceptors (Lipinski definition) is 3. The van der Waals surface area contributed by atoms with Gasteiger partial charge in [0.15, 0.2) is 0 Å². The molecule has 3 amide bonds. The van der Waals surface area contributed by atoms with E-state index < -0.39 is 17.9 Å². The average molecular weight is 431 g/mol. The quantitative estimate of drug-likeness (QED) is 0.755. The number of urea groups is 1. The molecule has 0 saturated carbocycles. The summed E-state index contributed by atoms with van der Waals surface area (Å²) in [5.74, 6) is -0.787. The van der Waals surface area contributed by atoms with Gasteiger partial charge in [-0.2, -0.15) is 0 Å². The van der Waals surface area contributed by atoms with Crippen LogP contribution in [0.4, 0.5) is 14.9 Å². The third-order valence-electron chi connectivity index (χ3n) is 5.03. The molecule has 0 aromatic heterocycles. The van der Waals surface area contributed by atoms with Gasteiger partial charge in [-0.05, 0) is 41.8 Å². The van der Waals surface area contributed by atoms with Crippen molar-refractivity contribution in [3.63, 3.8) is 0 Å². The zero-order valence-corrected chi connectivity index (χ0v) is 17.8. The van der Waals surface area contributed by atoms with E-state index in [0.29, 0.717) is 12.2 Å². The summed E-state index contributed by atoms with van der Waals surface area (Å²) < 4.78 is 13.4. The summed E-state index contributed by atoms with van der Waals surface area (Å²) in [7, 11) is 3.28. The molecule has 0 fully saturated rings. The molecule has 1 atom stereocenters. The minimum Gasteiger partial charge on any atom is -0.386 e. The highest BCUT2D eigenvalue weighted by molar-refractivity contribution is 6.31. The smallest absolute Gasteiger partial charge is 0.322 e. The van der Waals surface area contributed by atoms with Crippen molar-refractivity contribution in [3.05, 3.63) is 70.6 Å². The average Bonchev–Trinajstić information content (AvgIpc) is 2.73. The van der Waals surface area contributed by atoms with Crippen LogP contribution in [0.2, 0.25) is 5.02 Å². The molecule has 3 rings (SSSR count). The van der Waals surface area contributed by atoms with Gasteiger partial charge < -0.3 is 20.4 Å². The summed E-state index contributed by atoms with van der Waals surface area (Å²) in [5, 5.41) is 5.85. The Morgan fingerprint density at radius 2 is 1.97 bits per heavy atom. The molecule has 0 spiro atoms. The molecule has 6 nitrogen and oxygen atoms in total. The maximum atomic E-state index is 13.4. The molecule has 0 aliphatic carbocycles. The van der Waals surface area contributed by atoms with E-state index >= 15 is 0 Å². The van der Waals surface area contributed by atoms with Gasteiger partial charge in [-0.15, -0.1) is 0 Å². The highest BCUT2D eigenvalue weighted by Crippen LogP contribution is 2.28. The van der Waals surface area contributed by atoms with E-state index in [-0.39, 0.29) is 17.5 Å². The zero-order chi connectivity index (χ0) is 21.8. The van der Waals surface area contributed by atoms with Crippen molar-refractivity contribution >= 4 is 34.8 Å². The molecule has 2 N–H and O–H groups in total. The first kappa shape index (κ1) is 21.6. The highest BCUT2D eigenvalue weighted by atomic mass is 35.5. The Hall–Kier alpha value is -3.06. The van der Waals surface area contributed by atoms with Crippen LogP contribution in [-0.4, -0.2) is 48.4 Å². The largest absolute Gasteiger partial charge is 0.386 e. The van der Waals surface area contributed by atoms with E-state index in [1.807, 2.05) is 37.4 Å². The second kappa shape index (κ2) is 9.17. The van der Waals surface area contributed by atoms with Crippen molar-refractivity contribution in [2.75, 3.05) is 26.0 Å². The third kappa shape index (κ3) is 4.74. The number of nitrogens with zero attached hydrogens (tertiary/aromatic N) is 2. The fraction of sp³-hybridized carbons (Fsp3) is 0.273. The molecule has 8 heteroatoms. The van der Waals surface area contributed by atoms with Crippen LogP contribution < -0.4 is 10.6 Å². The van der Waals surface area contributed by atoms with Crippen molar-refractivity contribution in [1.82, 2.24) is 15.1 Å². The molecular formula is C22H24ClFN4O2. The number of benzene rings is 2. The van der Waals surface area contributed by atoms with Crippen molar-refractivity contribution < 1.29 is 14.0 Å². The van der Waals surface area contributed by atoms with Crippen LogP contribution in [0.5, 0.6) is 0 Å². The van der Waals surface area contributed by atoms with Gasteiger partial charge in [0.05, 0.1) is 11.1 Å². The van der Waals surface area contributed by atoms with E-state index in [1.165, 1.54) is 28.0 Å². The fourth-order valence-corrected chi connectivity index (χ4v) is 3.44. The lowest BCUT2D eigenvalue weighted by Gasteiger charge is -2.33. The maximum absolute atomic E-state index is 13.4. The molecular weight excluding hydrogens is 407 g/mol. The van der Waals surface area contributed by atoms with E-state index in [9.17, 15) is 14.0 Å². The monoisotopic (exact) mass is 430 g/mol. The number of nitrogens with one attached hydrogen (secondary N) is 2. The number of anilines is 1. The lowest BCUT2D eigenvalue weighted by atomic mass is 9.92. The van der Waals surface area contributed by atoms with Crippen LogP contribution in [0.25, 0.3) is 5.57 Å². The van der Waals surface area contributed by atoms with Crippen LogP contribution in [0.3, 0.4) is 0 Å². The first-order valence-corrected chi connectivity index (χ1v) is 9.90. The Kier molecular flexibility index (Phi) is 6.62. The Morgan fingerprint density at radius 1 is 1.23 bits per heavy atom. The lowest BCUT2D eigenvalue weighted by Crippen LogP contribution is -2.47. The Morgan fingerprint density at radius 3 is 2.67 bits per heavy atom. The minimum absolute atomic E-state index is 0.0927. The van der Waals surface area contributed by atoms with E-state index in [2.05, 4.69) is 10.6 Å². The van der Waals surface area contributed by atoms with Crippen molar-refractivity contribution in [1.29, 1.82) is 0 Å². The lowest BCUT2D eigenvalue weighted by molar-refractivity contribution is -0.129. The summed E-state index contributed by atoms with van der Waals surface area (Å²) >= 11 is 5.83. The number of amides is 3. The second-order valence-corrected chi connectivity index (χ2v) is 7.70. The van der Waals surface area contributed by atoms with Gasteiger partial charge in [-0.25, -0.2) is 9.18 Å². The number of fused-ring (bicyclic) bond motifs is 1. The minimum atomic E-state index is -0.572. The van der Waals surface area contributed by atoms with Gasteiger partial charge >= 0.3 is 6.03 Å². The van der Waals surface area contributed by atoms with Crippen molar-refractivity contribution in [2.45, 2.75) is 19.5 Å². The fourth-order valence-electron chi connectivity index (χ4n) is 3.26. The van der Waals surface area contributed by atoms with Gasteiger partial charge in [0, 0.05) is 32.5 Å². The summed E-state index contributed by atoms with van der Waals surface area (Å²) in [6.07, 6.45) is 1.88. The van der Waals surface area contributed by atoms with E-state index in [1.54, 1.807) is 14.1 Å². The Balaban J connectivity index is 1.89. The molecule has 0 bridgehead atoms.